The van der Waals surface area contributed by atoms with Crippen molar-refractivity contribution < 1.29 is 0 Å². The molecule has 0 radical (unpaired) electrons. The van der Waals surface area contributed by atoms with Crippen LogP contribution < -0.4 is 5.32 Å². The van der Waals surface area contributed by atoms with E-state index in [1.807, 2.05) is 13.1 Å². The highest BCUT2D eigenvalue weighted by Crippen LogP contribution is 2.17. The molecule has 0 heterocycles. The number of guanidine groups is 1. The first-order chi connectivity index (χ1) is 9.95. The Labute approximate surface area is 137 Å². The molecule has 4 nitrogen and oxygen atoms in total. The molecule has 0 fully saturated rings. The van der Waals surface area contributed by atoms with Crippen LogP contribution in [0.2, 0.25) is 0 Å². The van der Waals surface area contributed by atoms with Crippen LogP contribution in [-0.2, 0) is 6.54 Å². The third kappa shape index (κ3) is 6.06. The molecule has 0 aromatic heterocycles. The maximum Gasteiger partial charge on any atom is 0.193 e. The molecule has 5 heteroatoms. The average Bonchev–Trinajstić information content (AvgIpc) is 2.45. The molecule has 1 aromatic rings. The highest BCUT2D eigenvalue weighted by molar-refractivity contribution is 9.10. The van der Waals surface area contributed by atoms with E-state index < -0.39 is 0 Å². The fourth-order valence-corrected chi connectivity index (χ4v) is 2.35. The van der Waals surface area contributed by atoms with Crippen LogP contribution >= 0.6 is 15.9 Å². The van der Waals surface area contributed by atoms with Gasteiger partial charge in [0, 0.05) is 44.2 Å². The van der Waals surface area contributed by atoms with Gasteiger partial charge in [-0.1, -0.05) is 34.1 Å². The zero-order valence-corrected chi connectivity index (χ0v) is 15.3. The molecular weight excluding hydrogens is 328 g/mol. The molecule has 1 aromatic carbocycles. The van der Waals surface area contributed by atoms with Crippen LogP contribution in [0.15, 0.2) is 33.7 Å². The zero-order chi connectivity index (χ0) is 15.8. The Balaban J connectivity index is 2.51. The Morgan fingerprint density at radius 2 is 1.95 bits per heavy atom. The summed E-state index contributed by atoms with van der Waals surface area (Å²) in [6.07, 6.45) is 0. The summed E-state index contributed by atoms with van der Waals surface area (Å²) in [7, 11) is 6.02. The lowest BCUT2D eigenvalue weighted by Crippen LogP contribution is -2.42. The summed E-state index contributed by atoms with van der Waals surface area (Å²) in [5, 5.41) is 3.41. The molecule has 1 N–H and O–H groups in total. The molecule has 0 saturated heterocycles. The normalized spacial score (nSPS) is 12.1. The third-order valence-electron chi connectivity index (χ3n) is 3.57. The van der Waals surface area contributed by atoms with Gasteiger partial charge in [-0.2, -0.15) is 0 Å². The van der Waals surface area contributed by atoms with Gasteiger partial charge in [-0.05, 0) is 32.5 Å². The van der Waals surface area contributed by atoms with Gasteiger partial charge in [-0.15, -0.1) is 0 Å². The van der Waals surface area contributed by atoms with Crippen molar-refractivity contribution in [3.63, 3.8) is 0 Å². The topological polar surface area (TPSA) is 30.9 Å². The maximum absolute atomic E-state index is 4.35. The summed E-state index contributed by atoms with van der Waals surface area (Å²) < 4.78 is 1.13. The van der Waals surface area contributed by atoms with Crippen LogP contribution in [0.5, 0.6) is 0 Å². The number of hydrogen-bond acceptors (Lipinski definition) is 2. The Morgan fingerprint density at radius 1 is 1.29 bits per heavy atom. The first-order valence-corrected chi connectivity index (χ1v) is 8.10. The molecule has 1 rings (SSSR count). The summed E-state index contributed by atoms with van der Waals surface area (Å²) in [5.41, 5.74) is 1.25. The molecule has 0 aliphatic rings. The summed E-state index contributed by atoms with van der Waals surface area (Å²) in [6.45, 7) is 7.12. The number of benzene rings is 1. The number of nitrogens with one attached hydrogen (secondary N) is 1. The monoisotopic (exact) mass is 354 g/mol. The minimum absolute atomic E-state index is 0.562. The van der Waals surface area contributed by atoms with E-state index in [4.69, 9.17) is 0 Å². The van der Waals surface area contributed by atoms with Gasteiger partial charge >= 0.3 is 0 Å². The minimum atomic E-state index is 0.562. The smallest absolute Gasteiger partial charge is 0.193 e. The number of rotatable bonds is 6. The lowest BCUT2D eigenvalue weighted by molar-refractivity contribution is 0.277. The second-order valence-corrected chi connectivity index (χ2v) is 6.35. The lowest BCUT2D eigenvalue weighted by Gasteiger charge is -2.25. The number of hydrogen-bond donors (Lipinski definition) is 1. The van der Waals surface area contributed by atoms with Crippen LogP contribution in [0, 0.1) is 0 Å². The second kappa shape index (κ2) is 9.05. The van der Waals surface area contributed by atoms with Crippen molar-refractivity contribution in [3.8, 4) is 0 Å². The summed E-state index contributed by atoms with van der Waals surface area (Å²) >= 11 is 3.59. The van der Waals surface area contributed by atoms with Gasteiger partial charge in [0.2, 0.25) is 0 Å². The number of halogens is 1. The van der Waals surface area contributed by atoms with Crippen LogP contribution in [-0.4, -0.2) is 56.0 Å². The molecule has 0 amide bonds. The fourth-order valence-electron chi connectivity index (χ4n) is 1.94. The Bertz CT molecular complexity index is 459. The predicted molar refractivity (Wildman–Crippen MR) is 94.7 cm³/mol. The molecule has 21 heavy (non-hydrogen) atoms. The van der Waals surface area contributed by atoms with Gasteiger partial charge < -0.3 is 15.1 Å². The first-order valence-electron chi connectivity index (χ1n) is 7.31. The largest absolute Gasteiger partial charge is 0.355 e. The Kier molecular flexibility index (Phi) is 7.75. The predicted octanol–water partition coefficient (Wildman–Crippen LogP) is 2.80. The van der Waals surface area contributed by atoms with Gasteiger partial charge in [0.15, 0.2) is 5.96 Å². The molecule has 0 unspecified atom stereocenters. The molecule has 0 aliphatic heterocycles. The Morgan fingerprint density at radius 3 is 2.52 bits per heavy atom. The van der Waals surface area contributed by atoms with Crippen molar-refractivity contribution in [1.82, 2.24) is 15.1 Å². The van der Waals surface area contributed by atoms with E-state index in [0.717, 1.165) is 30.1 Å². The lowest BCUT2D eigenvalue weighted by atomic mass is 10.2. The highest BCUT2D eigenvalue weighted by atomic mass is 79.9. The third-order valence-corrected chi connectivity index (χ3v) is 4.34. The van der Waals surface area contributed by atoms with Gasteiger partial charge in [0.25, 0.3) is 0 Å². The van der Waals surface area contributed by atoms with E-state index >= 15 is 0 Å². The summed E-state index contributed by atoms with van der Waals surface area (Å²) in [4.78, 5) is 8.80. The number of aliphatic imine (C=N–C) groups is 1. The maximum atomic E-state index is 4.35. The zero-order valence-electron chi connectivity index (χ0n) is 13.7. The molecule has 0 atom stereocenters. The average molecular weight is 355 g/mol. The van der Waals surface area contributed by atoms with Crippen LogP contribution in [0.1, 0.15) is 19.4 Å². The van der Waals surface area contributed by atoms with Gasteiger partial charge in [-0.25, -0.2) is 0 Å². The van der Waals surface area contributed by atoms with Gasteiger partial charge in [0.1, 0.15) is 0 Å². The van der Waals surface area contributed by atoms with Crippen LogP contribution in [0.4, 0.5) is 0 Å². The van der Waals surface area contributed by atoms with E-state index in [9.17, 15) is 0 Å². The molecule has 0 aliphatic carbocycles. The minimum Gasteiger partial charge on any atom is -0.355 e. The molecule has 0 saturated carbocycles. The van der Waals surface area contributed by atoms with Crippen LogP contribution in [0.3, 0.4) is 0 Å². The van der Waals surface area contributed by atoms with Gasteiger partial charge in [0.05, 0.1) is 0 Å². The SMILES string of the molecule is CN=C(NCCN(C)C(C)C)N(C)Cc1ccccc1Br. The number of nitrogens with zero attached hydrogens (tertiary/aromatic N) is 3. The summed E-state index contributed by atoms with van der Waals surface area (Å²) in [6, 6.07) is 8.84. The van der Waals surface area contributed by atoms with E-state index in [2.05, 4.69) is 82.2 Å². The quantitative estimate of drug-likeness (QED) is 0.629. The van der Waals surface area contributed by atoms with E-state index in [0.29, 0.717) is 6.04 Å². The number of likely N-dealkylation sites (N-methyl/N-ethyl adjacent to an activating group) is 1. The van der Waals surface area contributed by atoms with Gasteiger partial charge in [-0.3, -0.25) is 4.99 Å². The van der Waals surface area contributed by atoms with Crippen molar-refractivity contribution in [2.45, 2.75) is 26.4 Å². The molecule has 118 valence electrons. The summed E-state index contributed by atoms with van der Waals surface area (Å²) in [5.74, 6) is 0.919. The van der Waals surface area contributed by atoms with E-state index in [1.165, 1.54) is 5.56 Å². The van der Waals surface area contributed by atoms with E-state index in [1.54, 1.807) is 0 Å². The fraction of sp³-hybridized carbons (Fsp3) is 0.562. The molecule has 0 spiro atoms. The van der Waals surface area contributed by atoms with Crippen molar-refractivity contribution in [3.05, 3.63) is 34.3 Å². The van der Waals surface area contributed by atoms with Crippen LogP contribution in [0.25, 0.3) is 0 Å². The Hall–Kier alpha value is -1.07. The van der Waals surface area contributed by atoms with E-state index in [-0.39, 0.29) is 0 Å². The van der Waals surface area contributed by atoms with Crippen molar-refractivity contribution >= 4 is 21.9 Å². The molecular formula is C16H27BrN4. The molecule has 0 bridgehead atoms. The van der Waals surface area contributed by atoms with Crippen molar-refractivity contribution in [2.75, 3.05) is 34.2 Å². The second-order valence-electron chi connectivity index (χ2n) is 5.50. The van der Waals surface area contributed by atoms with Crippen molar-refractivity contribution in [1.29, 1.82) is 0 Å². The standard InChI is InChI=1S/C16H27BrN4/c1-13(2)20(4)11-10-19-16(18-3)21(5)12-14-8-6-7-9-15(14)17/h6-9,13H,10-12H2,1-5H3,(H,18,19). The van der Waals surface area contributed by atoms with Crippen molar-refractivity contribution in [2.24, 2.45) is 4.99 Å². The first kappa shape index (κ1) is 18.0. The highest BCUT2D eigenvalue weighted by Gasteiger charge is 2.09.